The Bertz CT molecular complexity index is 565. The minimum absolute atomic E-state index is 0.101. The highest BCUT2D eigenvalue weighted by Gasteiger charge is 2.34. The first-order valence-corrected chi connectivity index (χ1v) is 4.62. The van der Waals surface area contributed by atoms with E-state index in [2.05, 4.69) is 0 Å². The first-order chi connectivity index (χ1) is 8.62. The lowest BCUT2D eigenvalue weighted by molar-refractivity contribution is -0.385. The van der Waals surface area contributed by atoms with Crippen LogP contribution in [-0.4, -0.2) is 27.1 Å². The third kappa shape index (κ3) is 3.44. The molecule has 0 saturated carbocycles. The van der Waals surface area contributed by atoms with Crippen molar-refractivity contribution < 1.29 is 33.1 Å². The normalized spacial score (nSPS) is 12.3. The maximum absolute atomic E-state index is 12.0. The van der Waals surface area contributed by atoms with Crippen LogP contribution >= 0.6 is 0 Å². The van der Waals surface area contributed by atoms with Crippen molar-refractivity contribution in [1.29, 1.82) is 0 Å². The predicted octanol–water partition coefficient (Wildman–Crippen LogP) is 2.49. The number of benzene rings is 1. The summed E-state index contributed by atoms with van der Waals surface area (Å²) in [5, 5.41) is 28.2. The van der Waals surface area contributed by atoms with Crippen molar-refractivity contribution in [3.05, 3.63) is 45.7 Å². The summed E-state index contributed by atoms with van der Waals surface area (Å²) < 4.78 is 35.9. The van der Waals surface area contributed by atoms with Crippen molar-refractivity contribution in [2.75, 3.05) is 0 Å². The molecule has 19 heavy (non-hydrogen) atoms. The average molecular weight is 277 g/mol. The highest BCUT2D eigenvalue weighted by molar-refractivity contribution is 6.05. The van der Waals surface area contributed by atoms with Crippen LogP contribution in [0.3, 0.4) is 0 Å². The zero-order valence-corrected chi connectivity index (χ0v) is 9.01. The van der Waals surface area contributed by atoms with E-state index in [4.69, 9.17) is 10.2 Å². The number of aromatic hydroxyl groups is 1. The number of hydrogen-bond acceptors (Lipinski definition) is 5. The number of ketones is 1. The molecule has 0 aliphatic carbocycles. The summed E-state index contributed by atoms with van der Waals surface area (Å²) in [6.07, 6.45) is -5.19. The average Bonchev–Trinajstić information content (AvgIpc) is 2.27. The zero-order chi connectivity index (χ0) is 14.8. The molecule has 0 aliphatic rings. The number of halogens is 3. The Kier molecular flexibility index (Phi) is 3.78. The van der Waals surface area contributed by atoms with E-state index in [1.165, 1.54) is 0 Å². The lowest BCUT2D eigenvalue weighted by Gasteiger charge is -2.04. The summed E-state index contributed by atoms with van der Waals surface area (Å²) in [5.74, 6) is -4.13. The van der Waals surface area contributed by atoms with Gasteiger partial charge in [-0.25, -0.2) is 0 Å². The summed E-state index contributed by atoms with van der Waals surface area (Å²) >= 11 is 0. The van der Waals surface area contributed by atoms with Crippen molar-refractivity contribution in [2.45, 2.75) is 6.18 Å². The van der Waals surface area contributed by atoms with E-state index in [1.807, 2.05) is 0 Å². The highest BCUT2D eigenvalue weighted by Crippen LogP contribution is 2.28. The van der Waals surface area contributed by atoms with Gasteiger partial charge in [-0.15, -0.1) is 0 Å². The van der Waals surface area contributed by atoms with Gasteiger partial charge < -0.3 is 10.2 Å². The van der Waals surface area contributed by atoms with Gasteiger partial charge in [0.2, 0.25) is 5.76 Å². The minimum Gasteiger partial charge on any atom is -0.504 e. The molecule has 0 atom stereocenters. The maximum atomic E-state index is 12.0. The van der Waals surface area contributed by atoms with E-state index >= 15 is 0 Å². The molecule has 102 valence electrons. The summed E-state index contributed by atoms with van der Waals surface area (Å²) in [7, 11) is 0. The third-order valence-electron chi connectivity index (χ3n) is 2.01. The number of alkyl halides is 3. The quantitative estimate of drug-likeness (QED) is 0.290. The molecule has 2 N–H and O–H groups in total. The minimum atomic E-state index is -5.08. The highest BCUT2D eigenvalue weighted by atomic mass is 19.4. The summed E-state index contributed by atoms with van der Waals surface area (Å²) in [4.78, 5) is 20.8. The molecule has 6 nitrogen and oxygen atoms in total. The molecule has 1 aromatic rings. The molecule has 0 unspecified atom stereocenters. The molecule has 0 heterocycles. The molecule has 0 aromatic heterocycles. The Hall–Kier alpha value is -2.58. The Morgan fingerprint density at radius 3 is 2.42 bits per heavy atom. The van der Waals surface area contributed by atoms with Crippen LogP contribution in [0.5, 0.6) is 5.75 Å². The molecule has 0 amide bonds. The van der Waals surface area contributed by atoms with Gasteiger partial charge in [-0.05, 0) is 12.1 Å². The summed E-state index contributed by atoms with van der Waals surface area (Å²) in [5.41, 5.74) is -1.30. The number of aliphatic hydroxyl groups is 1. The first-order valence-electron chi connectivity index (χ1n) is 4.62. The first kappa shape index (κ1) is 14.5. The largest absolute Gasteiger partial charge is 0.504 e. The smallest absolute Gasteiger partial charge is 0.448 e. The second kappa shape index (κ2) is 4.96. The van der Waals surface area contributed by atoms with E-state index < -0.39 is 39.6 Å². The Balaban J connectivity index is 3.15. The van der Waals surface area contributed by atoms with Gasteiger partial charge in [-0.1, -0.05) is 0 Å². The van der Waals surface area contributed by atoms with Crippen LogP contribution in [0.2, 0.25) is 0 Å². The van der Waals surface area contributed by atoms with Crippen LogP contribution in [-0.2, 0) is 0 Å². The standard InChI is InChI=1S/C10H6F3NO5/c11-10(12,13)9(17)4-8(16)5-1-2-7(15)6(3-5)14(18)19/h1-4,15,17H. The van der Waals surface area contributed by atoms with E-state index in [0.717, 1.165) is 12.1 Å². The Labute approximate surface area is 103 Å². The van der Waals surface area contributed by atoms with Gasteiger partial charge in [0, 0.05) is 17.7 Å². The lowest BCUT2D eigenvalue weighted by Crippen LogP contribution is -2.13. The van der Waals surface area contributed by atoms with Gasteiger partial charge in [-0.3, -0.25) is 14.9 Å². The van der Waals surface area contributed by atoms with E-state index in [9.17, 15) is 28.1 Å². The second-order valence-electron chi connectivity index (χ2n) is 3.35. The predicted molar refractivity (Wildman–Crippen MR) is 55.9 cm³/mol. The number of carbonyl (C=O) groups excluding carboxylic acids is 1. The van der Waals surface area contributed by atoms with Crippen molar-refractivity contribution >= 4 is 11.5 Å². The number of rotatable bonds is 3. The fourth-order valence-electron chi connectivity index (χ4n) is 1.11. The van der Waals surface area contributed by atoms with Crippen LogP contribution in [0.25, 0.3) is 0 Å². The number of carbonyl (C=O) groups is 1. The van der Waals surface area contributed by atoms with Crippen LogP contribution in [0.4, 0.5) is 18.9 Å². The van der Waals surface area contributed by atoms with E-state index in [-0.39, 0.29) is 6.08 Å². The molecular formula is C10H6F3NO5. The maximum Gasteiger partial charge on any atom is 0.448 e. The molecule has 1 aromatic carbocycles. The SMILES string of the molecule is O=C(C=C(O)C(F)(F)F)c1ccc(O)c([N+](=O)[O-])c1. The second-order valence-corrected chi connectivity index (χ2v) is 3.35. The number of allylic oxidation sites excluding steroid dienone is 2. The molecule has 0 aliphatic heterocycles. The fraction of sp³-hybridized carbons (Fsp3) is 0.100. The zero-order valence-electron chi connectivity index (χ0n) is 9.01. The number of nitrogens with zero attached hydrogens (tertiary/aromatic N) is 1. The molecule has 9 heteroatoms. The number of nitro benzene ring substituents is 1. The number of phenols is 1. The van der Waals surface area contributed by atoms with E-state index in [0.29, 0.717) is 6.07 Å². The van der Waals surface area contributed by atoms with Crippen LogP contribution in [0, 0.1) is 10.1 Å². The summed E-state index contributed by atoms with van der Waals surface area (Å²) in [6.45, 7) is 0. The van der Waals surface area contributed by atoms with Gasteiger partial charge in [-0.2, -0.15) is 13.2 Å². The molecule has 0 saturated heterocycles. The van der Waals surface area contributed by atoms with Crippen molar-refractivity contribution in [3.8, 4) is 5.75 Å². The van der Waals surface area contributed by atoms with Gasteiger partial charge in [0.1, 0.15) is 0 Å². The number of nitro groups is 1. The van der Waals surface area contributed by atoms with Crippen LogP contribution in [0.1, 0.15) is 10.4 Å². The fourth-order valence-corrected chi connectivity index (χ4v) is 1.11. The Morgan fingerprint density at radius 2 is 1.95 bits per heavy atom. The van der Waals surface area contributed by atoms with E-state index in [1.54, 1.807) is 0 Å². The molecular weight excluding hydrogens is 271 g/mol. The van der Waals surface area contributed by atoms with Crippen LogP contribution in [0.15, 0.2) is 30.0 Å². The van der Waals surface area contributed by atoms with Crippen molar-refractivity contribution in [1.82, 2.24) is 0 Å². The van der Waals surface area contributed by atoms with Gasteiger partial charge in [0.15, 0.2) is 11.5 Å². The van der Waals surface area contributed by atoms with Gasteiger partial charge in [0.05, 0.1) is 4.92 Å². The molecule has 0 radical (unpaired) electrons. The van der Waals surface area contributed by atoms with Crippen molar-refractivity contribution in [2.24, 2.45) is 0 Å². The van der Waals surface area contributed by atoms with Crippen molar-refractivity contribution in [3.63, 3.8) is 0 Å². The molecule has 0 bridgehead atoms. The number of phenolic OH excluding ortho intramolecular Hbond substituents is 1. The summed E-state index contributed by atoms with van der Waals surface area (Å²) in [6, 6.07) is 2.30. The molecule has 1 rings (SSSR count). The number of aliphatic hydroxyl groups excluding tert-OH is 1. The van der Waals surface area contributed by atoms with Crippen LogP contribution < -0.4 is 0 Å². The Morgan fingerprint density at radius 1 is 1.37 bits per heavy atom. The van der Waals surface area contributed by atoms with Gasteiger partial charge in [0.25, 0.3) is 0 Å². The molecule has 0 fully saturated rings. The number of hydrogen-bond donors (Lipinski definition) is 2. The third-order valence-corrected chi connectivity index (χ3v) is 2.01. The van der Waals surface area contributed by atoms with Gasteiger partial charge >= 0.3 is 11.9 Å². The lowest BCUT2D eigenvalue weighted by atomic mass is 10.1. The molecule has 0 spiro atoms. The monoisotopic (exact) mass is 277 g/mol. The topological polar surface area (TPSA) is 101 Å².